The zero-order valence-electron chi connectivity index (χ0n) is 4.99. The van der Waals surface area contributed by atoms with Gasteiger partial charge in [0.2, 0.25) is 0 Å². The highest BCUT2D eigenvalue weighted by Gasteiger charge is 1.81. The molecule has 5 heteroatoms. The van der Waals surface area contributed by atoms with Gasteiger partial charge in [-0.05, 0) is 6.92 Å². The molecule has 0 fully saturated rings. The first-order valence-electron chi connectivity index (χ1n) is 2.35. The maximum atomic E-state index is 9.30. The van der Waals surface area contributed by atoms with E-state index < -0.39 is 0 Å². The van der Waals surface area contributed by atoms with Gasteiger partial charge in [0.1, 0.15) is 0 Å². The average Bonchev–Trinajstić information content (AvgIpc) is 1.89. The van der Waals surface area contributed by atoms with Crippen molar-refractivity contribution in [1.29, 1.82) is 0 Å². The molecule has 0 bridgehead atoms. The minimum atomic E-state index is -0.0400. The van der Waals surface area contributed by atoms with E-state index in [0.29, 0.717) is 6.61 Å². The van der Waals surface area contributed by atoms with Crippen LogP contribution in [0, 0.1) is 0 Å². The van der Waals surface area contributed by atoms with Crippen LogP contribution in [0.2, 0.25) is 0 Å². The van der Waals surface area contributed by atoms with Crippen molar-refractivity contribution in [3.05, 3.63) is 0 Å². The maximum absolute atomic E-state index is 9.30. The predicted molar refractivity (Wildman–Crippen MR) is 26.8 cm³/mol. The van der Waals surface area contributed by atoms with Crippen molar-refractivity contribution in [3.8, 4) is 0 Å². The van der Waals surface area contributed by atoms with Crippen molar-refractivity contribution in [2.24, 2.45) is 5.16 Å². The molecule has 0 aromatic carbocycles. The molecule has 0 N–H and O–H groups in total. The lowest BCUT2D eigenvalue weighted by Gasteiger charge is -1.95. The second-order valence-electron chi connectivity index (χ2n) is 0.986. The standard InChI is InChI=1S/C4H7NO4/c1-2-7-4-8-9-5-3-6/h2,4H2,1H3. The molecule has 0 unspecified atom stereocenters. The molecule has 0 aromatic rings. The molecule has 52 valence electrons. The van der Waals surface area contributed by atoms with Gasteiger partial charge >= 0.3 is 0 Å². The van der Waals surface area contributed by atoms with Crippen molar-refractivity contribution >= 4 is 6.08 Å². The van der Waals surface area contributed by atoms with Crippen LogP contribution >= 0.6 is 0 Å². The first kappa shape index (κ1) is 8.10. The van der Waals surface area contributed by atoms with Crippen LogP contribution < -0.4 is 0 Å². The minimum Gasteiger partial charge on any atom is -0.351 e. The van der Waals surface area contributed by atoms with Crippen LogP contribution in [0.25, 0.3) is 0 Å². The van der Waals surface area contributed by atoms with Crippen LogP contribution in [0.3, 0.4) is 0 Å². The van der Waals surface area contributed by atoms with E-state index in [1.807, 2.05) is 0 Å². The largest absolute Gasteiger partial charge is 0.351 e. The summed E-state index contributed by atoms with van der Waals surface area (Å²) in [6, 6.07) is 0. The summed E-state index contributed by atoms with van der Waals surface area (Å²) in [5.41, 5.74) is 0. The second-order valence-corrected chi connectivity index (χ2v) is 0.986. The molecule has 0 atom stereocenters. The SMILES string of the molecule is CCOCOON=C=O. The summed E-state index contributed by atoms with van der Waals surface area (Å²) in [6.45, 7) is 2.28. The first-order valence-corrected chi connectivity index (χ1v) is 2.35. The zero-order chi connectivity index (χ0) is 6.95. The van der Waals surface area contributed by atoms with Gasteiger partial charge in [-0.2, -0.15) is 0 Å². The van der Waals surface area contributed by atoms with E-state index in [-0.39, 0.29) is 6.79 Å². The van der Waals surface area contributed by atoms with Gasteiger partial charge in [-0.25, -0.2) is 9.78 Å². The summed E-state index contributed by atoms with van der Waals surface area (Å²) < 4.78 is 4.64. The summed E-state index contributed by atoms with van der Waals surface area (Å²) in [6.07, 6.45) is 1.12. The van der Waals surface area contributed by atoms with Gasteiger partial charge in [-0.15, -0.1) is 4.89 Å². The van der Waals surface area contributed by atoms with Crippen molar-refractivity contribution in [3.63, 3.8) is 0 Å². The fourth-order valence-corrected chi connectivity index (χ4v) is 0.180. The fraction of sp³-hybridized carbons (Fsp3) is 0.750. The molecule has 0 aliphatic heterocycles. The third-order valence-corrected chi connectivity index (χ3v) is 0.463. The topological polar surface area (TPSA) is 57.1 Å². The number of nitrogens with zero attached hydrogens (tertiary/aromatic N) is 1. The van der Waals surface area contributed by atoms with Gasteiger partial charge in [0.05, 0.1) is 0 Å². The minimum absolute atomic E-state index is 0.0400. The Morgan fingerprint density at radius 1 is 1.67 bits per heavy atom. The Morgan fingerprint density at radius 3 is 3.00 bits per heavy atom. The monoisotopic (exact) mass is 133 g/mol. The number of isocyanates is 1. The molecule has 0 aliphatic carbocycles. The van der Waals surface area contributed by atoms with Crippen LogP contribution in [0.1, 0.15) is 6.92 Å². The fourth-order valence-electron chi connectivity index (χ4n) is 0.180. The van der Waals surface area contributed by atoms with Crippen molar-refractivity contribution < 1.29 is 19.4 Å². The van der Waals surface area contributed by atoms with Crippen LogP contribution in [-0.4, -0.2) is 19.5 Å². The van der Waals surface area contributed by atoms with Gasteiger partial charge in [0.15, 0.2) is 6.79 Å². The van der Waals surface area contributed by atoms with E-state index in [4.69, 9.17) is 0 Å². The van der Waals surface area contributed by atoms with Crippen LogP contribution in [0.5, 0.6) is 0 Å². The molecular weight excluding hydrogens is 126 g/mol. The third kappa shape index (κ3) is 7.10. The molecule has 0 aromatic heterocycles. The number of carbonyl (C=O) groups excluding carboxylic acids is 1. The quantitative estimate of drug-likeness (QED) is 0.134. The third-order valence-electron chi connectivity index (χ3n) is 0.463. The number of hydrogen-bond donors (Lipinski definition) is 0. The lowest BCUT2D eigenvalue weighted by molar-refractivity contribution is -0.336. The summed E-state index contributed by atoms with van der Waals surface area (Å²) >= 11 is 0. The maximum Gasteiger partial charge on any atom is 0.280 e. The highest BCUT2D eigenvalue weighted by molar-refractivity contribution is 5.31. The Labute approximate surface area is 52.1 Å². The summed E-state index contributed by atoms with van der Waals surface area (Å²) in [4.78, 5) is 17.3. The number of ether oxygens (including phenoxy) is 1. The van der Waals surface area contributed by atoms with E-state index >= 15 is 0 Å². The Kier molecular flexibility index (Phi) is 6.39. The van der Waals surface area contributed by atoms with Gasteiger partial charge in [0, 0.05) is 11.8 Å². The first-order chi connectivity index (χ1) is 4.41. The van der Waals surface area contributed by atoms with E-state index in [1.165, 1.54) is 0 Å². The van der Waals surface area contributed by atoms with Gasteiger partial charge < -0.3 is 4.74 Å². The lowest BCUT2D eigenvalue weighted by atomic mass is 10.9. The van der Waals surface area contributed by atoms with Crippen molar-refractivity contribution in [2.75, 3.05) is 13.4 Å². The highest BCUT2D eigenvalue weighted by atomic mass is 17.3. The molecular formula is C4H7NO4. The smallest absolute Gasteiger partial charge is 0.280 e. The van der Waals surface area contributed by atoms with Crippen LogP contribution in [0.15, 0.2) is 5.16 Å². The summed E-state index contributed by atoms with van der Waals surface area (Å²) in [5.74, 6) is 0. The molecule has 0 aliphatic rings. The molecule has 0 heterocycles. The van der Waals surface area contributed by atoms with Gasteiger partial charge in [0.25, 0.3) is 6.08 Å². The zero-order valence-corrected chi connectivity index (χ0v) is 4.99. The lowest BCUT2D eigenvalue weighted by Crippen LogP contribution is -1.96. The highest BCUT2D eigenvalue weighted by Crippen LogP contribution is 1.78. The summed E-state index contributed by atoms with van der Waals surface area (Å²) in [5, 5.41) is 2.64. The molecule has 0 radical (unpaired) electrons. The van der Waals surface area contributed by atoms with E-state index in [0.717, 1.165) is 6.08 Å². The van der Waals surface area contributed by atoms with E-state index in [1.54, 1.807) is 6.92 Å². The molecule has 0 rings (SSSR count). The average molecular weight is 133 g/mol. The van der Waals surface area contributed by atoms with Gasteiger partial charge in [-0.3, -0.25) is 0 Å². The van der Waals surface area contributed by atoms with Gasteiger partial charge in [-0.1, -0.05) is 0 Å². The number of rotatable bonds is 5. The van der Waals surface area contributed by atoms with Crippen LogP contribution in [0.4, 0.5) is 0 Å². The predicted octanol–water partition coefficient (Wildman–Crippen LogP) is 0.179. The molecule has 0 saturated carbocycles. The Morgan fingerprint density at radius 2 is 2.44 bits per heavy atom. The van der Waals surface area contributed by atoms with E-state index in [2.05, 4.69) is 19.8 Å². The Bertz CT molecular complexity index is 98.7. The van der Waals surface area contributed by atoms with E-state index in [9.17, 15) is 4.79 Å². The molecule has 0 saturated heterocycles. The molecule has 0 spiro atoms. The molecule has 9 heavy (non-hydrogen) atoms. The molecule has 5 nitrogen and oxygen atoms in total. The summed E-state index contributed by atoms with van der Waals surface area (Å²) in [7, 11) is 0. The van der Waals surface area contributed by atoms with Crippen LogP contribution in [-0.2, 0) is 19.4 Å². The Hall–Kier alpha value is -0.900. The number of hydrogen-bond acceptors (Lipinski definition) is 5. The Balaban J connectivity index is 2.82. The van der Waals surface area contributed by atoms with Crippen molar-refractivity contribution in [2.45, 2.75) is 6.92 Å². The molecule has 0 amide bonds. The normalized spacial score (nSPS) is 8.11. The van der Waals surface area contributed by atoms with Crippen molar-refractivity contribution in [1.82, 2.24) is 0 Å². The second kappa shape index (κ2) is 7.10.